The van der Waals surface area contributed by atoms with Crippen LogP contribution in [0.3, 0.4) is 0 Å². The third kappa shape index (κ3) is 2.06. The van der Waals surface area contributed by atoms with E-state index in [1.807, 2.05) is 6.92 Å². The summed E-state index contributed by atoms with van der Waals surface area (Å²) in [5.74, 6) is 1.21. The van der Waals surface area contributed by atoms with Gasteiger partial charge in [0, 0.05) is 0 Å². The monoisotopic (exact) mass is 280 g/mol. The quantitative estimate of drug-likeness (QED) is 0.717. The molecule has 2 unspecified atom stereocenters. The van der Waals surface area contributed by atoms with Crippen molar-refractivity contribution < 1.29 is 4.79 Å². The van der Waals surface area contributed by atoms with Gasteiger partial charge in [-0.15, -0.1) is 0 Å². The average Bonchev–Trinajstić information content (AvgIpc) is 2.32. The van der Waals surface area contributed by atoms with Gasteiger partial charge in [-0.1, -0.05) is 19.8 Å². The van der Waals surface area contributed by atoms with E-state index in [-0.39, 0.29) is 11.2 Å². The predicted molar refractivity (Wildman–Crippen MR) is 74.4 cm³/mol. The lowest BCUT2D eigenvalue weighted by atomic mass is 9.75. The van der Waals surface area contributed by atoms with E-state index in [1.165, 1.54) is 6.42 Å². The number of hydrogen-bond donors (Lipinski definition) is 2. The summed E-state index contributed by atoms with van der Waals surface area (Å²) in [5, 5.41) is 6.49. The molecule has 2 N–H and O–H groups in total. The second-order valence-corrected chi connectivity index (χ2v) is 6.00. The second-order valence-electron chi connectivity index (χ2n) is 5.66. The van der Waals surface area contributed by atoms with Crippen LogP contribution in [0.1, 0.15) is 38.3 Å². The number of amides is 1. The van der Waals surface area contributed by atoms with Gasteiger partial charge in [0.1, 0.15) is 11.2 Å². The fourth-order valence-electron chi connectivity index (χ4n) is 3.17. The second kappa shape index (κ2) is 4.34. The highest BCUT2D eigenvalue weighted by molar-refractivity contribution is 6.28. The number of rotatable bonds is 0. The van der Waals surface area contributed by atoms with E-state index in [4.69, 9.17) is 11.6 Å². The molecule has 2 aliphatic rings. The normalized spacial score (nSPS) is 29.6. The minimum Gasteiger partial charge on any atom is -0.354 e. The minimum absolute atomic E-state index is 0.0283. The highest BCUT2D eigenvalue weighted by Gasteiger charge is 2.45. The first kappa shape index (κ1) is 12.7. The van der Waals surface area contributed by atoms with Crippen LogP contribution >= 0.6 is 11.6 Å². The van der Waals surface area contributed by atoms with Crippen molar-refractivity contribution in [3.8, 4) is 0 Å². The summed E-state index contributed by atoms with van der Waals surface area (Å²) in [6.45, 7) is 4.00. The first-order valence-electron chi connectivity index (χ1n) is 6.64. The Labute approximate surface area is 117 Å². The molecule has 1 amide bonds. The number of anilines is 2. The van der Waals surface area contributed by atoms with E-state index in [1.54, 1.807) is 0 Å². The fraction of sp³-hybridized carbons (Fsp3) is 0.615. The Morgan fingerprint density at radius 3 is 2.95 bits per heavy atom. The zero-order chi connectivity index (χ0) is 13.6. The maximum atomic E-state index is 12.5. The molecule has 6 heteroatoms. The van der Waals surface area contributed by atoms with E-state index >= 15 is 0 Å². The Kier molecular flexibility index (Phi) is 2.89. The molecule has 0 aromatic carbocycles. The van der Waals surface area contributed by atoms with Gasteiger partial charge in [-0.2, -0.15) is 4.98 Å². The minimum atomic E-state index is -0.533. The molecule has 1 saturated carbocycles. The summed E-state index contributed by atoms with van der Waals surface area (Å²) >= 11 is 5.90. The molecule has 1 aromatic heterocycles. The SMILES string of the molecule is Cc1nc(Cl)nc2c1NC(=O)C1(CCCC(C)C1)N2. The van der Waals surface area contributed by atoms with E-state index in [2.05, 4.69) is 27.5 Å². The number of nitrogens with zero attached hydrogens (tertiary/aromatic N) is 2. The Bertz CT molecular complexity index is 548. The summed E-state index contributed by atoms with van der Waals surface area (Å²) in [7, 11) is 0. The Balaban J connectivity index is 2.01. The van der Waals surface area contributed by atoms with Crippen LogP contribution in [0.5, 0.6) is 0 Å². The van der Waals surface area contributed by atoms with E-state index in [0.717, 1.165) is 19.3 Å². The van der Waals surface area contributed by atoms with Crippen molar-refractivity contribution in [2.24, 2.45) is 5.92 Å². The molecule has 2 heterocycles. The Morgan fingerprint density at radius 2 is 2.21 bits per heavy atom. The molecule has 0 bridgehead atoms. The molecule has 1 aromatic rings. The molecule has 1 spiro atoms. The molecule has 1 fully saturated rings. The number of carbonyl (C=O) groups excluding carboxylic acids is 1. The van der Waals surface area contributed by atoms with Gasteiger partial charge in [-0.25, -0.2) is 4.98 Å². The summed E-state index contributed by atoms with van der Waals surface area (Å²) in [6.07, 6.45) is 3.89. The van der Waals surface area contributed by atoms with Crippen molar-refractivity contribution in [1.29, 1.82) is 0 Å². The molecule has 19 heavy (non-hydrogen) atoms. The van der Waals surface area contributed by atoms with Crippen molar-refractivity contribution >= 4 is 29.0 Å². The third-order valence-corrected chi connectivity index (χ3v) is 4.26. The van der Waals surface area contributed by atoms with Crippen LogP contribution < -0.4 is 10.6 Å². The third-order valence-electron chi connectivity index (χ3n) is 4.09. The van der Waals surface area contributed by atoms with Crippen LogP contribution in [0.4, 0.5) is 11.5 Å². The van der Waals surface area contributed by atoms with E-state index in [9.17, 15) is 4.79 Å². The van der Waals surface area contributed by atoms with Gasteiger partial charge in [0.05, 0.1) is 5.69 Å². The van der Waals surface area contributed by atoms with Gasteiger partial charge < -0.3 is 10.6 Å². The van der Waals surface area contributed by atoms with Crippen molar-refractivity contribution in [2.45, 2.75) is 45.1 Å². The molecule has 5 nitrogen and oxygen atoms in total. The van der Waals surface area contributed by atoms with Crippen LogP contribution in [0.2, 0.25) is 5.28 Å². The summed E-state index contributed by atoms with van der Waals surface area (Å²) in [5.41, 5.74) is 0.808. The van der Waals surface area contributed by atoms with Crippen LogP contribution in [-0.2, 0) is 4.79 Å². The fourth-order valence-corrected chi connectivity index (χ4v) is 3.38. The molecule has 3 rings (SSSR count). The number of aryl methyl sites for hydroxylation is 1. The maximum Gasteiger partial charge on any atom is 0.250 e. The molecular weight excluding hydrogens is 264 g/mol. The number of nitrogens with one attached hydrogen (secondary N) is 2. The van der Waals surface area contributed by atoms with Gasteiger partial charge in [0.2, 0.25) is 11.2 Å². The van der Waals surface area contributed by atoms with Gasteiger partial charge in [-0.05, 0) is 37.3 Å². The average molecular weight is 281 g/mol. The number of fused-ring (bicyclic) bond motifs is 1. The molecule has 102 valence electrons. The van der Waals surface area contributed by atoms with E-state index in [0.29, 0.717) is 23.1 Å². The van der Waals surface area contributed by atoms with Crippen LogP contribution in [-0.4, -0.2) is 21.4 Å². The highest BCUT2D eigenvalue weighted by atomic mass is 35.5. The van der Waals surface area contributed by atoms with Crippen LogP contribution in [0.25, 0.3) is 0 Å². The van der Waals surface area contributed by atoms with Gasteiger partial charge in [0.25, 0.3) is 0 Å². The number of aromatic nitrogens is 2. The standard InChI is InChI=1S/C13H17ClN4O/c1-7-4-3-5-13(6-7)11(19)16-9-8(2)15-12(14)17-10(9)18-13/h7H,3-6H2,1-2H3,(H,16,19)(H,15,17,18). The molecular formula is C13H17ClN4O. The Hall–Kier alpha value is -1.36. The molecule has 2 atom stereocenters. The molecule has 0 radical (unpaired) electrons. The first-order valence-corrected chi connectivity index (χ1v) is 7.02. The molecule has 1 aliphatic heterocycles. The topological polar surface area (TPSA) is 66.9 Å². The first-order chi connectivity index (χ1) is 9.00. The van der Waals surface area contributed by atoms with Crippen LogP contribution in [0.15, 0.2) is 0 Å². The van der Waals surface area contributed by atoms with Gasteiger partial charge >= 0.3 is 0 Å². The summed E-state index contributed by atoms with van der Waals surface area (Å²) in [4.78, 5) is 20.7. The number of halogens is 1. The molecule has 1 aliphatic carbocycles. The van der Waals surface area contributed by atoms with Crippen LogP contribution in [0, 0.1) is 12.8 Å². The lowest BCUT2D eigenvalue weighted by Crippen LogP contribution is -2.55. The lowest BCUT2D eigenvalue weighted by molar-refractivity contribution is -0.122. The lowest BCUT2D eigenvalue weighted by Gasteiger charge is -2.42. The van der Waals surface area contributed by atoms with Crippen molar-refractivity contribution in [1.82, 2.24) is 9.97 Å². The molecule has 0 saturated heterocycles. The zero-order valence-electron chi connectivity index (χ0n) is 11.1. The zero-order valence-corrected chi connectivity index (χ0v) is 11.8. The largest absolute Gasteiger partial charge is 0.354 e. The summed E-state index contributed by atoms with van der Waals surface area (Å²) in [6, 6.07) is 0. The maximum absolute atomic E-state index is 12.5. The predicted octanol–water partition coefficient (Wildman–Crippen LogP) is 2.75. The van der Waals surface area contributed by atoms with Crippen molar-refractivity contribution in [2.75, 3.05) is 10.6 Å². The highest BCUT2D eigenvalue weighted by Crippen LogP contribution is 2.41. The van der Waals surface area contributed by atoms with Crippen molar-refractivity contribution in [3.05, 3.63) is 11.0 Å². The van der Waals surface area contributed by atoms with Gasteiger partial charge in [-0.3, -0.25) is 4.79 Å². The Morgan fingerprint density at radius 1 is 1.42 bits per heavy atom. The van der Waals surface area contributed by atoms with Gasteiger partial charge in [0.15, 0.2) is 5.82 Å². The summed E-state index contributed by atoms with van der Waals surface area (Å²) < 4.78 is 0. The number of carbonyl (C=O) groups is 1. The van der Waals surface area contributed by atoms with Crippen molar-refractivity contribution in [3.63, 3.8) is 0 Å². The number of hydrogen-bond acceptors (Lipinski definition) is 4. The smallest absolute Gasteiger partial charge is 0.250 e. The van der Waals surface area contributed by atoms with E-state index < -0.39 is 5.54 Å².